The van der Waals surface area contributed by atoms with Crippen LogP contribution in [0, 0.1) is 0 Å². The van der Waals surface area contributed by atoms with Crippen LogP contribution in [0.5, 0.6) is 0 Å². The van der Waals surface area contributed by atoms with Crippen molar-refractivity contribution in [2.45, 2.75) is 19.9 Å². The fourth-order valence-electron chi connectivity index (χ4n) is 1.83. The highest BCUT2D eigenvalue weighted by Gasteiger charge is 2.13. The van der Waals surface area contributed by atoms with Gasteiger partial charge < -0.3 is 10.3 Å². The number of pyridine rings is 1. The summed E-state index contributed by atoms with van der Waals surface area (Å²) in [7, 11) is 1.82. The molecule has 0 amide bonds. The zero-order valence-corrected chi connectivity index (χ0v) is 11.1. The Morgan fingerprint density at radius 3 is 2.78 bits per heavy atom. The molecule has 0 aliphatic heterocycles. The lowest BCUT2D eigenvalue weighted by Crippen LogP contribution is -2.20. The second-order valence-corrected chi connectivity index (χ2v) is 4.49. The van der Waals surface area contributed by atoms with Crippen molar-refractivity contribution < 1.29 is 0 Å². The van der Waals surface area contributed by atoms with Crippen molar-refractivity contribution in [2.75, 3.05) is 5.73 Å². The summed E-state index contributed by atoms with van der Waals surface area (Å²) in [5, 5.41) is 4.93. The van der Waals surface area contributed by atoms with E-state index in [0.29, 0.717) is 17.3 Å². The van der Waals surface area contributed by atoms with E-state index in [2.05, 4.69) is 5.10 Å². The molecule has 0 spiro atoms. The Morgan fingerprint density at radius 2 is 2.17 bits per heavy atom. The lowest BCUT2D eigenvalue weighted by molar-refractivity contribution is 0.650. The summed E-state index contributed by atoms with van der Waals surface area (Å²) < 4.78 is 3.23. The topological polar surface area (TPSA) is 65.8 Å². The molecule has 0 unspecified atom stereocenters. The minimum absolute atomic E-state index is 0.112. The van der Waals surface area contributed by atoms with Gasteiger partial charge >= 0.3 is 0 Å². The van der Waals surface area contributed by atoms with E-state index in [9.17, 15) is 4.79 Å². The summed E-state index contributed by atoms with van der Waals surface area (Å²) in [6.45, 7) is 2.36. The Labute approximate surface area is 110 Å². The molecule has 0 radical (unpaired) electrons. The Bertz CT molecular complexity index is 629. The summed E-state index contributed by atoms with van der Waals surface area (Å²) >= 11 is 6.24. The Hall–Kier alpha value is -1.75. The van der Waals surface area contributed by atoms with Crippen LogP contribution in [-0.4, -0.2) is 14.3 Å². The number of halogens is 1. The number of hydrogen-bond donors (Lipinski definition) is 1. The first-order valence-electron chi connectivity index (χ1n) is 5.69. The molecule has 5 nitrogen and oxygen atoms in total. The van der Waals surface area contributed by atoms with Crippen LogP contribution in [-0.2, 0) is 20.0 Å². The molecule has 0 atom stereocenters. The zero-order valence-electron chi connectivity index (χ0n) is 10.4. The van der Waals surface area contributed by atoms with E-state index in [4.69, 9.17) is 17.3 Å². The number of nitrogen functional groups attached to an aromatic ring is 1. The van der Waals surface area contributed by atoms with E-state index < -0.39 is 0 Å². The first-order chi connectivity index (χ1) is 8.52. The Balaban J connectivity index is 2.43. The summed E-state index contributed by atoms with van der Waals surface area (Å²) in [6.07, 6.45) is 2.37. The number of nitrogens with two attached hydrogens (primary N) is 1. The van der Waals surface area contributed by atoms with Crippen molar-refractivity contribution in [3.05, 3.63) is 45.1 Å². The van der Waals surface area contributed by atoms with Crippen molar-refractivity contribution in [2.24, 2.45) is 7.05 Å². The van der Waals surface area contributed by atoms with Crippen molar-refractivity contribution in [3.8, 4) is 0 Å². The second kappa shape index (κ2) is 4.86. The number of aromatic nitrogens is 3. The van der Waals surface area contributed by atoms with E-state index >= 15 is 0 Å². The average molecular weight is 267 g/mol. The SMILES string of the molecule is CCc1nn(C)c(Cn2cc(N)ccc2=O)c1Cl. The maximum atomic E-state index is 11.7. The monoisotopic (exact) mass is 266 g/mol. The van der Waals surface area contributed by atoms with Crippen LogP contribution in [0.15, 0.2) is 23.1 Å². The number of nitrogens with zero attached hydrogens (tertiary/aromatic N) is 3. The third-order valence-corrected chi connectivity index (χ3v) is 3.27. The number of hydrogen-bond acceptors (Lipinski definition) is 3. The quantitative estimate of drug-likeness (QED) is 0.914. The maximum absolute atomic E-state index is 11.7. The fourth-order valence-corrected chi connectivity index (χ4v) is 2.18. The lowest BCUT2D eigenvalue weighted by Gasteiger charge is -2.07. The van der Waals surface area contributed by atoms with Gasteiger partial charge in [-0.15, -0.1) is 0 Å². The molecule has 2 aromatic rings. The molecule has 0 saturated heterocycles. The van der Waals surface area contributed by atoms with Gasteiger partial charge in [-0.25, -0.2) is 0 Å². The largest absolute Gasteiger partial charge is 0.398 e. The molecule has 6 heteroatoms. The normalized spacial score (nSPS) is 10.8. The molecule has 18 heavy (non-hydrogen) atoms. The first-order valence-corrected chi connectivity index (χ1v) is 6.07. The van der Waals surface area contributed by atoms with Crippen LogP contribution in [0.4, 0.5) is 5.69 Å². The van der Waals surface area contributed by atoms with Gasteiger partial charge in [0.25, 0.3) is 5.56 Å². The number of anilines is 1. The third kappa shape index (κ3) is 2.26. The summed E-state index contributed by atoms with van der Waals surface area (Å²) in [4.78, 5) is 11.7. The van der Waals surface area contributed by atoms with E-state index in [-0.39, 0.29) is 5.56 Å². The van der Waals surface area contributed by atoms with Gasteiger partial charge in [-0.3, -0.25) is 9.48 Å². The molecule has 0 aromatic carbocycles. The van der Waals surface area contributed by atoms with Crippen molar-refractivity contribution >= 4 is 17.3 Å². The summed E-state index contributed by atoms with van der Waals surface area (Å²) in [5.41, 5.74) is 7.75. The van der Waals surface area contributed by atoms with Gasteiger partial charge in [0.05, 0.1) is 23.0 Å². The molecule has 2 N–H and O–H groups in total. The predicted octanol–water partition coefficient (Wildman–Crippen LogP) is 1.43. The molecule has 2 heterocycles. The van der Waals surface area contributed by atoms with Crippen LogP contribution in [0.3, 0.4) is 0 Å². The standard InChI is InChI=1S/C12H15ClN4O/c1-3-9-12(13)10(16(2)15-9)7-17-6-8(14)4-5-11(17)18/h4-6H,3,7,14H2,1-2H3. The minimum atomic E-state index is -0.112. The second-order valence-electron chi connectivity index (χ2n) is 4.11. The van der Waals surface area contributed by atoms with Gasteiger partial charge in [-0.2, -0.15) is 5.10 Å². The van der Waals surface area contributed by atoms with Crippen LogP contribution in [0.2, 0.25) is 5.02 Å². The summed E-state index contributed by atoms with van der Waals surface area (Å²) in [5.74, 6) is 0. The van der Waals surface area contributed by atoms with Crippen LogP contribution < -0.4 is 11.3 Å². The predicted molar refractivity (Wildman–Crippen MR) is 71.8 cm³/mol. The smallest absolute Gasteiger partial charge is 0.251 e. The molecule has 0 aliphatic carbocycles. The van der Waals surface area contributed by atoms with Gasteiger partial charge in [0, 0.05) is 25.0 Å². The van der Waals surface area contributed by atoms with E-state index in [0.717, 1.165) is 17.8 Å². The van der Waals surface area contributed by atoms with Gasteiger partial charge in [0.2, 0.25) is 0 Å². The van der Waals surface area contributed by atoms with Gasteiger partial charge in [-0.1, -0.05) is 18.5 Å². The zero-order chi connectivity index (χ0) is 13.3. The van der Waals surface area contributed by atoms with E-state index in [1.807, 2.05) is 14.0 Å². The first kappa shape index (κ1) is 12.7. The third-order valence-electron chi connectivity index (χ3n) is 2.83. The Morgan fingerprint density at radius 1 is 1.44 bits per heavy atom. The van der Waals surface area contributed by atoms with Crippen molar-refractivity contribution in [1.29, 1.82) is 0 Å². The molecular formula is C12H15ClN4O. The van der Waals surface area contributed by atoms with E-state index in [1.165, 1.54) is 10.6 Å². The highest BCUT2D eigenvalue weighted by Crippen LogP contribution is 2.21. The van der Waals surface area contributed by atoms with Crippen molar-refractivity contribution in [3.63, 3.8) is 0 Å². The van der Waals surface area contributed by atoms with Crippen LogP contribution in [0.1, 0.15) is 18.3 Å². The summed E-state index contributed by atoms with van der Waals surface area (Å²) in [6, 6.07) is 3.03. The Kier molecular flexibility index (Phi) is 3.43. The van der Waals surface area contributed by atoms with Gasteiger partial charge in [-0.05, 0) is 12.5 Å². The highest BCUT2D eigenvalue weighted by atomic mass is 35.5. The number of aryl methyl sites for hydroxylation is 2. The molecule has 0 saturated carbocycles. The van der Waals surface area contributed by atoms with E-state index in [1.54, 1.807) is 16.9 Å². The molecule has 96 valence electrons. The van der Waals surface area contributed by atoms with Crippen LogP contribution >= 0.6 is 11.6 Å². The minimum Gasteiger partial charge on any atom is -0.398 e. The van der Waals surface area contributed by atoms with Gasteiger partial charge in [0.1, 0.15) is 0 Å². The molecule has 2 aromatic heterocycles. The van der Waals surface area contributed by atoms with Gasteiger partial charge in [0.15, 0.2) is 0 Å². The van der Waals surface area contributed by atoms with Crippen LogP contribution in [0.25, 0.3) is 0 Å². The fraction of sp³-hybridized carbons (Fsp3) is 0.333. The molecular weight excluding hydrogens is 252 g/mol. The maximum Gasteiger partial charge on any atom is 0.251 e. The molecule has 0 fully saturated rings. The van der Waals surface area contributed by atoms with Crippen molar-refractivity contribution in [1.82, 2.24) is 14.3 Å². The molecule has 0 aliphatic rings. The lowest BCUT2D eigenvalue weighted by atomic mass is 10.3. The molecule has 2 rings (SSSR count). The molecule has 0 bridgehead atoms. The highest BCUT2D eigenvalue weighted by molar-refractivity contribution is 6.31. The average Bonchev–Trinajstić information content (AvgIpc) is 2.61. The number of rotatable bonds is 3.